The van der Waals surface area contributed by atoms with Crippen molar-refractivity contribution in [3.8, 4) is 10.6 Å². The summed E-state index contributed by atoms with van der Waals surface area (Å²) in [5, 5.41) is 6.13. The molecule has 0 saturated heterocycles. The molecule has 0 N–H and O–H groups in total. The molecular formula is C21H18N2S. The van der Waals surface area contributed by atoms with Crippen molar-refractivity contribution in [2.45, 2.75) is 13.0 Å². The van der Waals surface area contributed by atoms with Crippen molar-refractivity contribution < 1.29 is 0 Å². The fourth-order valence-electron chi connectivity index (χ4n) is 3.87. The Morgan fingerprint density at radius 3 is 2.79 bits per heavy atom. The summed E-state index contributed by atoms with van der Waals surface area (Å²) in [5.74, 6) is 0. The van der Waals surface area contributed by atoms with Crippen molar-refractivity contribution in [2.75, 3.05) is 13.6 Å². The van der Waals surface area contributed by atoms with Crippen LogP contribution in [0, 0.1) is 0 Å². The molecule has 1 aliphatic heterocycles. The minimum atomic E-state index is 0.981. The Bertz CT molecular complexity index is 1050. The standard InChI is InChI=1S/C21H18N2S/c1-23-11-10-16-17(13-23)21(19-7-4-12-24-19)22-18-9-8-14-5-2-3-6-15(14)20(16)18/h2-9,12H,10-11,13H2,1H3. The van der Waals surface area contributed by atoms with Gasteiger partial charge in [-0.05, 0) is 52.9 Å². The normalized spacial score (nSPS) is 15.0. The molecule has 4 aromatic rings. The highest BCUT2D eigenvalue weighted by Crippen LogP contribution is 2.38. The largest absolute Gasteiger partial charge is 0.302 e. The molecule has 2 aromatic heterocycles. The van der Waals surface area contributed by atoms with Gasteiger partial charge in [0.15, 0.2) is 0 Å². The van der Waals surface area contributed by atoms with Gasteiger partial charge < -0.3 is 4.90 Å². The van der Waals surface area contributed by atoms with E-state index in [0.29, 0.717) is 0 Å². The first kappa shape index (κ1) is 14.1. The lowest BCUT2D eigenvalue weighted by Crippen LogP contribution is -2.27. The van der Waals surface area contributed by atoms with Crippen LogP contribution in [-0.2, 0) is 13.0 Å². The molecule has 0 amide bonds. The molecule has 1 aliphatic rings. The maximum atomic E-state index is 5.10. The van der Waals surface area contributed by atoms with Gasteiger partial charge in [-0.15, -0.1) is 11.3 Å². The zero-order chi connectivity index (χ0) is 16.1. The lowest BCUT2D eigenvalue weighted by molar-refractivity contribution is 0.314. The lowest BCUT2D eigenvalue weighted by Gasteiger charge is -2.28. The summed E-state index contributed by atoms with van der Waals surface area (Å²) in [6.07, 6.45) is 1.09. The van der Waals surface area contributed by atoms with Crippen LogP contribution >= 0.6 is 11.3 Å². The summed E-state index contributed by atoms with van der Waals surface area (Å²) in [6, 6.07) is 17.4. The molecule has 3 heteroatoms. The van der Waals surface area contributed by atoms with E-state index in [4.69, 9.17) is 4.98 Å². The van der Waals surface area contributed by atoms with E-state index in [1.54, 1.807) is 11.3 Å². The molecule has 24 heavy (non-hydrogen) atoms. The Morgan fingerprint density at radius 2 is 1.92 bits per heavy atom. The summed E-state index contributed by atoms with van der Waals surface area (Å²) in [7, 11) is 2.20. The van der Waals surface area contributed by atoms with Gasteiger partial charge in [-0.1, -0.05) is 36.4 Å². The Morgan fingerprint density at radius 1 is 1.00 bits per heavy atom. The molecule has 0 aliphatic carbocycles. The molecule has 118 valence electrons. The number of rotatable bonds is 1. The topological polar surface area (TPSA) is 16.1 Å². The van der Waals surface area contributed by atoms with Crippen LogP contribution in [0.25, 0.3) is 32.2 Å². The first-order valence-corrected chi connectivity index (χ1v) is 9.25. The van der Waals surface area contributed by atoms with Crippen molar-refractivity contribution in [3.63, 3.8) is 0 Å². The summed E-state index contributed by atoms with van der Waals surface area (Å²) in [5.41, 5.74) is 5.21. The third-order valence-electron chi connectivity index (χ3n) is 5.02. The third-order valence-corrected chi connectivity index (χ3v) is 5.89. The van der Waals surface area contributed by atoms with Crippen molar-refractivity contribution in [1.82, 2.24) is 9.88 Å². The number of benzene rings is 2. The van der Waals surface area contributed by atoms with Gasteiger partial charge in [0.05, 0.1) is 16.1 Å². The van der Waals surface area contributed by atoms with E-state index in [0.717, 1.165) is 25.0 Å². The van der Waals surface area contributed by atoms with E-state index in [2.05, 4.69) is 65.9 Å². The number of aromatic nitrogens is 1. The molecule has 2 aromatic carbocycles. The second-order valence-corrected chi connectivity index (χ2v) is 7.51. The Hall–Kier alpha value is -2.23. The summed E-state index contributed by atoms with van der Waals surface area (Å²) >= 11 is 1.78. The zero-order valence-electron chi connectivity index (χ0n) is 13.6. The van der Waals surface area contributed by atoms with Crippen LogP contribution in [0.1, 0.15) is 11.1 Å². The van der Waals surface area contributed by atoms with Gasteiger partial charge in [0.2, 0.25) is 0 Å². The molecule has 0 bridgehead atoms. The van der Waals surface area contributed by atoms with Gasteiger partial charge in [0.25, 0.3) is 0 Å². The Labute approximate surface area is 145 Å². The van der Waals surface area contributed by atoms with Crippen LogP contribution in [0.3, 0.4) is 0 Å². The van der Waals surface area contributed by atoms with Gasteiger partial charge in [-0.2, -0.15) is 0 Å². The Balaban J connectivity index is 1.93. The second kappa shape index (κ2) is 5.40. The van der Waals surface area contributed by atoms with E-state index < -0.39 is 0 Å². The second-order valence-electron chi connectivity index (χ2n) is 6.56. The van der Waals surface area contributed by atoms with Crippen LogP contribution in [0.5, 0.6) is 0 Å². The fraction of sp³-hybridized carbons (Fsp3) is 0.190. The number of fused-ring (bicyclic) bond motifs is 5. The van der Waals surface area contributed by atoms with Crippen molar-refractivity contribution in [3.05, 3.63) is 65.0 Å². The van der Waals surface area contributed by atoms with Gasteiger partial charge in [0.1, 0.15) is 0 Å². The summed E-state index contributed by atoms with van der Waals surface area (Å²) in [4.78, 5) is 8.77. The monoisotopic (exact) mass is 330 g/mol. The molecule has 0 saturated carbocycles. The number of hydrogen-bond donors (Lipinski definition) is 0. The van der Waals surface area contributed by atoms with Crippen LogP contribution in [-0.4, -0.2) is 23.5 Å². The predicted octanol–water partition coefficient (Wildman–Crippen LogP) is 5.10. The number of thiophene rings is 1. The smallest absolute Gasteiger partial charge is 0.0857 e. The zero-order valence-corrected chi connectivity index (χ0v) is 14.4. The minimum absolute atomic E-state index is 0.981. The van der Waals surface area contributed by atoms with E-state index in [1.165, 1.54) is 37.9 Å². The van der Waals surface area contributed by atoms with Crippen LogP contribution < -0.4 is 0 Å². The minimum Gasteiger partial charge on any atom is -0.302 e. The molecule has 0 radical (unpaired) electrons. The highest BCUT2D eigenvalue weighted by atomic mass is 32.1. The number of nitrogens with zero attached hydrogens (tertiary/aromatic N) is 2. The highest BCUT2D eigenvalue weighted by Gasteiger charge is 2.23. The van der Waals surface area contributed by atoms with Gasteiger partial charge in [0, 0.05) is 18.5 Å². The first-order valence-electron chi connectivity index (χ1n) is 8.37. The van der Waals surface area contributed by atoms with Crippen LogP contribution in [0.2, 0.25) is 0 Å². The average molecular weight is 330 g/mol. The molecule has 5 rings (SSSR count). The predicted molar refractivity (Wildman–Crippen MR) is 103 cm³/mol. The van der Waals surface area contributed by atoms with Gasteiger partial charge in [-0.3, -0.25) is 0 Å². The number of hydrogen-bond acceptors (Lipinski definition) is 3. The summed E-state index contributed by atoms with van der Waals surface area (Å²) in [6.45, 7) is 2.09. The maximum Gasteiger partial charge on any atom is 0.0857 e. The van der Waals surface area contributed by atoms with E-state index in [9.17, 15) is 0 Å². The molecule has 0 unspecified atom stereocenters. The first-order chi connectivity index (χ1) is 11.8. The van der Waals surface area contributed by atoms with Crippen molar-refractivity contribution >= 4 is 33.0 Å². The van der Waals surface area contributed by atoms with Crippen molar-refractivity contribution in [1.29, 1.82) is 0 Å². The number of likely N-dealkylation sites (N-methyl/N-ethyl adjacent to an activating group) is 1. The maximum absolute atomic E-state index is 5.10. The molecule has 0 fully saturated rings. The number of pyridine rings is 1. The van der Waals surface area contributed by atoms with Crippen LogP contribution in [0.4, 0.5) is 0 Å². The lowest BCUT2D eigenvalue weighted by atomic mass is 9.91. The van der Waals surface area contributed by atoms with Gasteiger partial charge >= 0.3 is 0 Å². The fourth-order valence-corrected chi connectivity index (χ4v) is 4.61. The van der Waals surface area contributed by atoms with Gasteiger partial charge in [-0.25, -0.2) is 4.98 Å². The molecule has 0 spiro atoms. The molecule has 3 heterocycles. The summed E-state index contributed by atoms with van der Waals surface area (Å²) < 4.78 is 0. The van der Waals surface area contributed by atoms with E-state index >= 15 is 0 Å². The van der Waals surface area contributed by atoms with E-state index in [-0.39, 0.29) is 0 Å². The van der Waals surface area contributed by atoms with Crippen LogP contribution in [0.15, 0.2) is 53.9 Å². The van der Waals surface area contributed by atoms with E-state index in [1.807, 2.05) is 0 Å². The molecule has 0 atom stereocenters. The Kier molecular flexibility index (Phi) is 3.18. The molecular weight excluding hydrogens is 312 g/mol. The third kappa shape index (κ3) is 2.09. The molecule has 2 nitrogen and oxygen atoms in total. The quantitative estimate of drug-likeness (QED) is 0.451. The SMILES string of the molecule is CN1CCc2c(c(-c3cccs3)nc3ccc4ccccc4c23)C1. The highest BCUT2D eigenvalue weighted by molar-refractivity contribution is 7.13. The van der Waals surface area contributed by atoms with Crippen molar-refractivity contribution in [2.24, 2.45) is 0 Å². The average Bonchev–Trinajstić information content (AvgIpc) is 3.15.